The first-order chi connectivity index (χ1) is 9.24. The lowest BCUT2D eigenvalue weighted by Gasteiger charge is -2.20. The molecule has 0 spiro atoms. The van der Waals surface area contributed by atoms with E-state index in [0.717, 1.165) is 20.1 Å². The highest BCUT2D eigenvalue weighted by Crippen LogP contribution is 2.35. The third-order valence-electron chi connectivity index (χ3n) is 2.72. The summed E-state index contributed by atoms with van der Waals surface area (Å²) >= 11 is 7.12. The fraction of sp³-hybridized carbons (Fsp3) is 0.200. The van der Waals surface area contributed by atoms with Crippen molar-refractivity contribution in [1.82, 2.24) is 0 Å². The summed E-state index contributed by atoms with van der Waals surface area (Å²) in [5, 5.41) is 0. The van der Waals surface area contributed by atoms with Gasteiger partial charge in [-0.15, -0.1) is 0 Å². The molecule has 0 radical (unpaired) electrons. The van der Waals surface area contributed by atoms with Crippen LogP contribution in [-0.2, 0) is 9.47 Å². The molecule has 0 aromatic heterocycles. The number of methoxy groups -OCH3 is 1. The average molecular weight is 386 g/mol. The van der Waals surface area contributed by atoms with Crippen LogP contribution >= 0.6 is 31.9 Å². The molecule has 0 amide bonds. The van der Waals surface area contributed by atoms with Crippen molar-refractivity contribution in [3.8, 4) is 0 Å². The molecule has 2 nitrogen and oxygen atoms in total. The minimum absolute atomic E-state index is 0.159. The van der Waals surface area contributed by atoms with Crippen LogP contribution in [-0.4, -0.2) is 13.9 Å². The number of benzene rings is 2. The van der Waals surface area contributed by atoms with E-state index in [0.29, 0.717) is 0 Å². The lowest BCUT2D eigenvalue weighted by atomic mass is 10.0. The van der Waals surface area contributed by atoms with Gasteiger partial charge in [-0.05, 0) is 43.5 Å². The molecule has 19 heavy (non-hydrogen) atoms. The number of hydrogen-bond donors (Lipinski definition) is 0. The fourth-order valence-corrected chi connectivity index (χ4v) is 2.71. The van der Waals surface area contributed by atoms with E-state index >= 15 is 0 Å². The van der Waals surface area contributed by atoms with Gasteiger partial charge in [0, 0.05) is 21.6 Å². The Labute approximate surface area is 130 Å². The smallest absolute Gasteiger partial charge is 0.147 e. The van der Waals surface area contributed by atoms with E-state index in [4.69, 9.17) is 9.47 Å². The van der Waals surface area contributed by atoms with Crippen molar-refractivity contribution in [2.45, 2.75) is 6.10 Å². The molecule has 0 fully saturated rings. The van der Waals surface area contributed by atoms with Crippen molar-refractivity contribution < 1.29 is 9.47 Å². The first-order valence-electron chi connectivity index (χ1n) is 5.83. The van der Waals surface area contributed by atoms with Crippen molar-refractivity contribution in [3.05, 3.63) is 68.6 Å². The molecule has 0 saturated carbocycles. The predicted molar refractivity (Wildman–Crippen MR) is 83.1 cm³/mol. The van der Waals surface area contributed by atoms with Crippen molar-refractivity contribution in [2.24, 2.45) is 0 Å². The van der Waals surface area contributed by atoms with Gasteiger partial charge in [-0.3, -0.25) is 0 Å². The third-order valence-corrected chi connectivity index (χ3v) is 4.80. The van der Waals surface area contributed by atoms with Crippen LogP contribution in [0.3, 0.4) is 0 Å². The molecule has 0 aliphatic carbocycles. The Kier molecular flexibility index (Phi) is 5.58. The van der Waals surface area contributed by atoms with Crippen molar-refractivity contribution in [3.63, 3.8) is 0 Å². The van der Waals surface area contributed by atoms with Gasteiger partial charge in [0.05, 0.1) is 0 Å². The Hall–Kier alpha value is -0.680. The molecule has 0 saturated heterocycles. The van der Waals surface area contributed by atoms with Gasteiger partial charge in [-0.25, -0.2) is 0 Å². The first kappa shape index (κ1) is 14.7. The molecule has 0 unspecified atom stereocenters. The van der Waals surface area contributed by atoms with E-state index < -0.39 is 0 Å². The van der Waals surface area contributed by atoms with E-state index in [9.17, 15) is 0 Å². The lowest BCUT2D eigenvalue weighted by molar-refractivity contribution is -0.0593. The summed E-state index contributed by atoms with van der Waals surface area (Å²) < 4.78 is 12.9. The normalized spacial score (nSPS) is 12.4. The summed E-state index contributed by atoms with van der Waals surface area (Å²) in [4.78, 5) is 0. The van der Waals surface area contributed by atoms with Gasteiger partial charge in [-0.2, -0.15) is 0 Å². The van der Waals surface area contributed by atoms with Gasteiger partial charge in [-0.1, -0.05) is 42.5 Å². The minimum atomic E-state index is -0.159. The van der Waals surface area contributed by atoms with Crippen molar-refractivity contribution in [1.29, 1.82) is 0 Å². The second kappa shape index (κ2) is 7.20. The summed E-state index contributed by atoms with van der Waals surface area (Å²) in [5.74, 6) is 0. The van der Waals surface area contributed by atoms with Gasteiger partial charge in [0.1, 0.15) is 12.9 Å². The quantitative estimate of drug-likeness (QED) is 0.680. The summed E-state index contributed by atoms with van der Waals surface area (Å²) in [6.07, 6.45) is -0.159. The summed E-state index contributed by atoms with van der Waals surface area (Å²) in [6, 6.07) is 16.1. The Morgan fingerprint density at radius 2 is 1.74 bits per heavy atom. The zero-order valence-electron chi connectivity index (χ0n) is 10.5. The summed E-state index contributed by atoms with van der Waals surface area (Å²) in [5.41, 5.74) is 2.16. The Bertz CT molecular complexity index is 529. The number of ether oxygens (including phenoxy) is 2. The molecule has 0 aliphatic rings. The van der Waals surface area contributed by atoms with Gasteiger partial charge >= 0.3 is 0 Å². The Morgan fingerprint density at radius 3 is 2.42 bits per heavy atom. The first-order valence-corrected chi connectivity index (χ1v) is 7.42. The molecule has 0 aliphatic heterocycles. The van der Waals surface area contributed by atoms with Crippen molar-refractivity contribution in [2.75, 3.05) is 13.9 Å². The van der Waals surface area contributed by atoms with Gasteiger partial charge in [0.2, 0.25) is 0 Å². The molecule has 100 valence electrons. The number of hydrogen-bond acceptors (Lipinski definition) is 2. The molecule has 4 heteroatoms. The maximum atomic E-state index is 5.83. The van der Waals surface area contributed by atoms with Crippen LogP contribution in [0.4, 0.5) is 0 Å². The molecule has 0 N–H and O–H groups in total. The van der Waals surface area contributed by atoms with Gasteiger partial charge in [0.15, 0.2) is 0 Å². The molecule has 2 aromatic carbocycles. The second-order valence-electron chi connectivity index (χ2n) is 4.01. The predicted octanol–water partition coefficient (Wildman–Crippen LogP) is 4.92. The van der Waals surface area contributed by atoms with Crippen LogP contribution in [0.15, 0.2) is 57.5 Å². The van der Waals surface area contributed by atoms with Crippen molar-refractivity contribution >= 4 is 31.9 Å². The van der Waals surface area contributed by atoms with E-state index in [1.165, 1.54) is 0 Å². The standard InChI is InChI=1S/C15H14Br2O2/c1-18-10-19-15(11-6-3-2-4-7-11)12-8-5-9-13(16)14(12)17/h2-9,15H,10H2,1H3/t15-/m1/s1. The summed E-state index contributed by atoms with van der Waals surface area (Å²) in [6.45, 7) is 0.249. The van der Waals surface area contributed by atoms with Crippen LogP contribution < -0.4 is 0 Å². The van der Waals surface area contributed by atoms with Crippen LogP contribution in [0, 0.1) is 0 Å². The highest BCUT2D eigenvalue weighted by atomic mass is 79.9. The minimum Gasteiger partial charge on any atom is -0.359 e. The van der Waals surface area contributed by atoms with E-state index in [2.05, 4.69) is 31.9 Å². The lowest BCUT2D eigenvalue weighted by Crippen LogP contribution is -2.09. The molecular weight excluding hydrogens is 372 g/mol. The van der Waals surface area contributed by atoms with Crippen LogP contribution in [0.5, 0.6) is 0 Å². The molecular formula is C15H14Br2O2. The summed E-state index contributed by atoms with van der Waals surface area (Å²) in [7, 11) is 1.62. The van der Waals surface area contributed by atoms with Crippen LogP contribution in [0.25, 0.3) is 0 Å². The second-order valence-corrected chi connectivity index (χ2v) is 5.65. The highest BCUT2D eigenvalue weighted by Gasteiger charge is 2.18. The van der Waals surface area contributed by atoms with E-state index in [1.807, 2.05) is 48.5 Å². The van der Waals surface area contributed by atoms with E-state index in [-0.39, 0.29) is 12.9 Å². The zero-order valence-corrected chi connectivity index (χ0v) is 13.6. The fourth-order valence-electron chi connectivity index (χ4n) is 1.85. The average Bonchev–Trinajstić information content (AvgIpc) is 2.45. The highest BCUT2D eigenvalue weighted by molar-refractivity contribution is 9.13. The largest absolute Gasteiger partial charge is 0.359 e. The SMILES string of the molecule is COCO[C@H](c1ccccc1)c1cccc(Br)c1Br. The Balaban J connectivity index is 2.40. The topological polar surface area (TPSA) is 18.5 Å². The maximum Gasteiger partial charge on any atom is 0.147 e. The van der Waals surface area contributed by atoms with Crippen LogP contribution in [0.2, 0.25) is 0 Å². The number of halogens is 2. The van der Waals surface area contributed by atoms with Gasteiger partial charge in [0.25, 0.3) is 0 Å². The van der Waals surface area contributed by atoms with E-state index in [1.54, 1.807) is 7.11 Å². The molecule has 0 bridgehead atoms. The van der Waals surface area contributed by atoms with Crippen LogP contribution in [0.1, 0.15) is 17.2 Å². The molecule has 0 heterocycles. The molecule has 2 aromatic rings. The Morgan fingerprint density at radius 1 is 1.00 bits per heavy atom. The number of rotatable bonds is 5. The molecule has 2 rings (SSSR count). The zero-order chi connectivity index (χ0) is 13.7. The monoisotopic (exact) mass is 384 g/mol. The van der Waals surface area contributed by atoms with Gasteiger partial charge < -0.3 is 9.47 Å². The maximum absolute atomic E-state index is 5.83. The third kappa shape index (κ3) is 3.66. The molecule has 1 atom stereocenters.